The standard InChI is InChI=1S/C9H22ClNSi/c1-5-8(12)9(4,10)11(6-2)7-3/h8H,5-7H2,1-4,12H3. The van der Waals surface area contributed by atoms with Gasteiger partial charge in [-0.25, -0.2) is 0 Å². The molecule has 0 aromatic rings. The van der Waals surface area contributed by atoms with Crippen LogP contribution in [0.15, 0.2) is 0 Å². The van der Waals surface area contributed by atoms with E-state index in [1.165, 1.54) is 16.7 Å². The van der Waals surface area contributed by atoms with Gasteiger partial charge in [-0.3, -0.25) is 4.90 Å². The lowest BCUT2D eigenvalue weighted by molar-refractivity contribution is 0.184. The van der Waals surface area contributed by atoms with Crippen LogP contribution in [-0.2, 0) is 0 Å². The highest BCUT2D eigenvalue weighted by Gasteiger charge is 2.31. The molecule has 1 nitrogen and oxygen atoms in total. The van der Waals surface area contributed by atoms with Crippen LogP contribution in [0.2, 0.25) is 5.54 Å². The van der Waals surface area contributed by atoms with Gasteiger partial charge >= 0.3 is 0 Å². The molecule has 0 spiro atoms. The van der Waals surface area contributed by atoms with Crippen molar-refractivity contribution in [3.8, 4) is 0 Å². The van der Waals surface area contributed by atoms with Crippen molar-refractivity contribution in [3.63, 3.8) is 0 Å². The molecule has 3 heteroatoms. The molecule has 0 aliphatic carbocycles. The van der Waals surface area contributed by atoms with E-state index in [-0.39, 0.29) is 5.00 Å². The van der Waals surface area contributed by atoms with E-state index in [9.17, 15) is 0 Å². The van der Waals surface area contributed by atoms with Gasteiger partial charge in [0.2, 0.25) is 0 Å². The summed E-state index contributed by atoms with van der Waals surface area (Å²) in [5.74, 6) is 0. The number of rotatable bonds is 5. The first-order chi connectivity index (χ1) is 5.50. The Kier molecular flexibility index (Phi) is 5.46. The van der Waals surface area contributed by atoms with Gasteiger partial charge < -0.3 is 0 Å². The van der Waals surface area contributed by atoms with Crippen molar-refractivity contribution < 1.29 is 0 Å². The van der Waals surface area contributed by atoms with Crippen LogP contribution < -0.4 is 0 Å². The smallest absolute Gasteiger partial charge is 0.0927 e. The second-order valence-corrected chi connectivity index (χ2v) is 5.66. The van der Waals surface area contributed by atoms with Crippen LogP contribution in [0.3, 0.4) is 0 Å². The predicted octanol–water partition coefficient (Wildman–Crippen LogP) is 1.85. The Morgan fingerprint density at radius 2 is 1.75 bits per heavy atom. The molecule has 2 unspecified atom stereocenters. The average Bonchev–Trinajstić information content (AvgIpc) is 2.04. The van der Waals surface area contributed by atoms with E-state index in [0.717, 1.165) is 13.1 Å². The molecule has 0 saturated carbocycles. The Morgan fingerprint density at radius 3 is 2.00 bits per heavy atom. The van der Waals surface area contributed by atoms with E-state index < -0.39 is 0 Å². The second-order valence-electron chi connectivity index (χ2n) is 3.51. The summed E-state index contributed by atoms with van der Waals surface area (Å²) in [7, 11) is 1.18. The van der Waals surface area contributed by atoms with Gasteiger partial charge in [0.15, 0.2) is 0 Å². The van der Waals surface area contributed by atoms with Gasteiger partial charge in [-0.2, -0.15) is 0 Å². The molecule has 2 atom stereocenters. The van der Waals surface area contributed by atoms with Crippen molar-refractivity contribution in [2.75, 3.05) is 13.1 Å². The van der Waals surface area contributed by atoms with E-state index in [1.54, 1.807) is 0 Å². The highest BCUT2D eigenvalue weighted by atomic mass is 35.5. The first-order valence-corrected chi connectivity index (χ1v) is 6.47. The SMILES string of the molecule is CCC([SiH3])C(C)(Cl)N(CC)CC. The molecular formula is C9H22ClNSi. The molecule has 0 aliphatic rings. The summed E-state index contributed by atoms with van der Waals surface area (Å²) in [4.78, 5) is 2.24. The summed E-state index contributed by atoms with van der Waals surface area (Å²) < 4.78 is 0. The molecule has 0 aromatic heterocycles. The Balaban J connectivity index is 4.33. The zero-order valence-corrected chi connectivity index (χ0v) is 11.8. The van der Waals surface area contributed by atoms with Crippen molar-refractivity contribution in [2.45, 2.75) is 44.7 Å². The quantitative estimate of drug-likeness (QED) is 0.378. The summed E-state index contributed by atoms with van der Waals surface area (Å²) >= 11 is 6.51. The van der Waals surface area contributed by atoms with Gasteiger partial charge in [-0.1, -0.05) is 27.2 Å². The zero-order valence-electron chi connectivity index (χ0n) is 9.02. The molecule has 0 heterocycles. The number of hydrogen-bond donors (Lipinski definition) is 0. The number of halogens is 1. The van der Waals surface area contributed by atoms with Crippen molar-refractivity contribution in [2.24, 2.45) is 0 Å². The average molecular weight is 208 g/mol. The third-order valence-corrected chi connectivity index (χ3v) is 5.81. The van der Waals surface area contributed by atoms with Crippen LogP contribution in [0.25, 0.3) is 0 Å². The lowest BCUT2D eigenvalue weighted by Gasteiger charge is -2.39. The number of alkyl halides is 1. The van der Waals surface area contributed by atoms with E-state index in [1.807, 2.05) is 0 Å². The van der Waals surface area contributed by atoms with E-state index in [4.69, 9.17) is 11.6 Å². The van der Waals surface area contributed by atoms with Gasteiger partial charge in [-0.15, -0.1) is 11.6 Å². The normalized spacial score (nSPS) is 19.5. The molecule has 12 heavy (non-hydrogen) atoms. The van der Waals surface area contributed by atoms with Gasteiger partial charge in [0.05, 0.1) is 5.00 Å². The number of hydrogen-bond acceptors (Lipinski definition) is 1. The first-order valence-electron chi connectivity index (χ1n) is 4.94. The lowest BCUT2D eigenvalue weighted by Crippen LogP contribution is -2.44. The summed E-state index contributed by atoms with van der Waals surface area (Å²) in [6, 6.07) is 0. The minimum Gasteiger partial charge on any atom is -0.286 e. The van der Waals surface area contributed by atoms with Crippen LogP contribution in [0.4, 0.5) is 0 Å². The van der Waals surface area contributed by atoms with E-state index in [2.05, 4.69) is 32.6 Å². The van der Waals surface area contributed by atoms with Gasteiger partial charge in [-0.05, 0) is 25.6 Å². The second kappa shape index (κ2) is 5.25. The highest BCUT2D eigenvalue weighted by Crippen LogP contribution is 2.33. The highest BCUT2D eigenvalue weighted by molar-refractivity contribution is 6.29. The first kappa shape index (κ1) is 12.5. The fourth-order valence-corrected chi connectivity index (χ4v) is 2.28. The van der Waals surface area contributed by atoms with Crippen LogP contribution in [-0.4, -0.2) is 33.2 Å². The molecule has 0 N–H and O–H groups in total. The zero-order chi connectivity index (χ0) is 9.78. The maximum atomic E-state index is 6.51. The Hall–Kier alpha value is 0.467. The maximum Gasteiger partial charge on any atom is 0.0927 e. The molecule has 0 bridgehead atoms. The van der Waals surface area contributed by atoms with Crippen molar-refractivity contribution in [1.29, 1.82) is 0 Å². The molecule has 0 fully saturated rings. The Morgan fingerprint density at radius 1 is 1.33 bits per heavy atom. The van der Waals surface area contributed by atoms with Gasteiger partial charge in [0.1, 0.15) is 0 Å². The Bertz CT molecular complexity index is 124. The molecular weight excluding hydrogens is 186 g/mol. The summed E-state index contributed by atoms with van der Waals surface area (Å²) in [5, 5.41) is 0. The fraction of sp³-hybridized carbons (Fsp3) is 1.00. The predicted molar refractivity (Wildman–Crippen MR) is 61.2 cm³/mol. The Labute approximate surface area is 84.9 Å². The van der Waals surface area contributed by atoms with Crippen LogP contribution in [0.5, 0.6) is 0 Å². The van der Waals surface area contributed by atoms with Crippen molar-refractivity contribution >= 4 is 21.8 Å². The van der Waals surface area contributed by atoms with Crippen molar-refractivity contribution in [3.05, 3.63) is 0 Å². The van der Waals surface area contributed by atoms with E-state index >= 15 is 0 Å². The molecule has 0 rings (SSSR count). The van der Waals surface area contributed by atoms with Gasteiger partial charge in [0, 0.05) is 10.2 Å². The summed E-state index contributed by atoms with van der Waals surface area (Å²) in [6.07, 6.45) is 1.20. The third-order valence-electron chi connectivity index (χ3n) is 2.89. The summed E-state index contributed by atoms with van der Waals surface area (Å²) in [6.45, 7) is 10.8. The molecule has 74 valence electrons. The topological polar surface area (TPSA) is 3.24 Å². The number of nitrogens with zero attached hydrogens (tertiary/aromatic N) is 1. The summed E-state index contributed by atoms with van der Waals surface area (Å²) in [5.41, 5.74) is 0.680. The van der Waals surface area contributed by atoms with Crippen LogP contribution in [0.1, 0.15) is 34.1 Å². The molecule has 0 amide bonds. The van der Waals surface area contributed by atoms with Crippen molar-refractivity contribution in [1.82, 2.24) is 4.90 Å². The molecule has 0 aromatic carbocycles. The molecule has 0 saturated heterocycles. The minimum atomic E-state index is -0.107. The van der Waals surface area contributed by atoms with Gasteiger partial charge in [0.25, 0.3) is 0 Å². The fourth-order valence-electron chi connectivity index (χ4n) is 1.53. The van der Waals surface area contributed by atoms with E-state index in [0.29, 0.717) is 5.54 Å². The minimum absolute atomic E-state index is 0.107. The molecule has 0 radical (unpaired) electrons. The maximum absolute atomic E-state index is 6.51. The molecule has 0 aliphatic heterocycles. The largest absolute Gasteiger partial charge is 0.286 e. The van der Waals surface area contributed by atoms with Crippen LogP contribution in [0, 0.1) is 0 Å². The monoisotopic (exact) mass is 207 g/mol. The lowest BCUT2D eigenvalue weighted by atomic mass is 10.1. The van der Waals surface area contributed by atoms with Crippen LogP contribution >= 0.6 is 11.6 Å². The third kappa shape index (κ3) is 2.75.